The quantitative estimate of drug-likeness (QED) is 0.244. The van der Waals surface area contributed by atoms with E-state index < -0.39 is 5.97 Å². The van der Waals surface area contributed by atoms with Gasteiger partial charge in [-0.15, -0.1) is 21.5 Å². The van der Waals surface area contributed by atoms with Crippen LogP contribution in [0.3, 0.4) is 0 Å². The average molecular weight is 522 g/mol. The van der Waals surface area contributed by atoms with Crippen LogP contribution >= 0.6 is 34.9 Å². The minimum atomic E-state index is -0.395. The van der Waals surface area contributed by atoms with Gasteiger partial charge >= 0.3 is 5.97 Å². The Balaban J connectivity index is 1.34. The van der Waals surface area contributed by atoms with E-state index in [0.717, 1.165) is 47.9 Å². The van der Waals surface area contributed by atoms with Crippen LogP contribution in [0.2, 0.25) is 0 Å². The van der Waals surface area contributed by atoms with Gasteiger partial charge in [0.05, 0.1) is 23.7 Å². The molecule has 3 aromatic heterocycles. The molecular weight excluding hydrogens is 498 g/mol. The molecule has 0 saturated heterocycles. The molecule has 0 spiro atoms. The first-order chi connectivity index (χ1) is 16.4. The van der Waals surface area contributed by atoms with Gasteiger partial charge in [-0.05, 0) is 45.1 Å². The summed E-state index contributed by atoms with van der Waals surface area (Å²) >= 11 is 3.83. The maximum absolute atomic E-state index is 12.6. The highest BCUT2D eigenvalue weighted by molar-refractivity contribution is 7.99. The maximum atomic E-state index is 12.6. The number of esters is 1. The molecule has 2 N–H and O–H groups in total. The molecule has 0 aliphatic heterocycles. The fraction of sp³-hybridized carbons (Fsp3) is 0.429. The number of hydrogen-bond acceptors (Lipinski definition) is 11. The summed E-state index contributed by atoms with van der Waals surface area (Å²) in [5, 5.41) is 12.1. The summed E-state index contributed by atoms with van der Waals surface area (Å²) in [6.07, 6.45) is 3.82. The number of rotatable bonds is 9. The van der Waals surface area contributed by atoms with Gasteiger partial charge in [0.2, 0.25) is 11.8 Å². The number of aryl methyl sites for hydroxylation is 2. The second-order valence-corrected chi connectivity index (χ2v) is 10.4. The van der Waals surface area contributed by atoms with Crippen molar-refractivity contribution in [3.05, 3.63) is 44.0 Å². The molecule has 3 heterocycles. The first kappa shape index (κ1) is 24.5. The molecule has 1 aliphatic carbocycles. The number of aromatic nitrogens is 4. The van der Waals surface area contributed by atoms with E-state index in [2.05, 4.69) is 25.5 Å². The van der Waals surface area contributed by atoms with Gasteiger partial charge in [0, 0.05) is 16.6 Å². The zero-order valence-corrected chi connectivity index (χ0v) is 21.1. The third kappa shape index (κ3) is 6.07. The van der Waals surface area contributed by atoms with Crippen molar-refractivity contribution < 1.29 is 18.7 Å². The number of fused-ring (bicyclic) bond motifs is 1. The summed E-state index contributed by atoms with van der Waals surface area (Å²) in [5.74, 6) is 0.0630. The van der Waals surface area contributed by atoms with E-state index in [1.807, 2.05) is 0 Å². The zero-order chi connectivity index (χ0) is 24.1. The number of carbonyl (C=O) groups is 2. The van der Waals surface area contributed by atoms with Gasteiger partial charge in [-0.1, -0.05) is 23.5 Å². The Bertz CT molecular complexity index is 1250. The van der Waals surface area contributed by atoms with E-state index in [1.165, 1.54) is 29.2 Å². The van der Waals surface area contributed by atoms with Gasteiger partial charge in [0.25, 0.3) is 10.8 Å². The number of carbonyl (C=O) groups excluding carboxylic acids is 2. The Kier molecular flexibility index (Phi) is 8.06. The molecule has 3 aromatic rings. The first-order valence-corrected chi connectivity index (χ1v) is 13.5. The molecule has 4 rings (SSSR count). The summed E-state index contributed by atoms with van der Waals surface area (Å²) in [6, 6.07) is 1.41. The lowest BCUT2D eigenvalue weighted by atomic mass is 9.95. The minimum Gasteiger partial charge on any atom is -0.462 e. The summed E-state index contributed by atoms with van der Waals surface area (Å²) in [6.45, 7) is 3.78. The lowest BCUT2D eigenvalue weighted by Gasteiger charge is -2.12. The van der Waals surface area contributed by atoms with Crippen molar-refractivity contribution in [3.63, 3.8) is 0 Å². The van der Waals surface area contributed by atoms with E-state index in [9.17, 15) is 14.4 Å². The molecule has 0 saturated carbocycles. The summed E-state index contributed by atoms with van der Waals surface area (Å²) in [4.78, 5) is 44.7. The summed E-state index contributed by atoms with van der Waals surface area (Å²) in [7, 11) is 0. The third-order valence-electron chi connectivity index (χ3n) is 4.86. The molecule has 0 bridgehead atoms. The number of ether oxygens (including phenoxy) is 1. The van der Waals surface area contributed by atoms with Crippen LogP contribution in [-0.4, -0.2) is 44.4 Å². The van der Waals surface area contributed by atoms with Crippen LogP contribution in [0.5, 0.6) is 0 Å². The number of nitrogens with zero attached hydrogens (tertiary/aromatic N) is 3. The molecule has 0 fully saturated rings. The Morgan fingerprint density at radius 1 is 1.26 bits per heavy atom. The predicted molar refractivity (Wildman–Crippen MR) is 130 cm³/mol. The average Bonchev–Trinajstić information content (AvgIpc) is 3.40. The SMILES string of the molecule is CCOC(=O)c1c(NC(=O)CSc2nnc(CSc3nc(C)cc(=O)[nH]3)o2)sc2c1CCCC2. The van der Waals surface area contributed by atoms with Gasteiger partial charge in [-0.2, -0.15) is 0 Å². The van der Waals surface area contributed by atoms with Gasteiger partial charge in [-0.25, -0.2) is 9.78 Å². The van der Waals surface area contributed by atoms with Crippen molar-refractivity contribution in [2.24, 2.45) is 0 Å². The number of H-pyrrole nitrogens is 1. The summed E-state index contributed by atoms with van der Waals surface area (Å²) in [5.41, 5.74) is 1.89. The van der Waals surface area contributed by atoms with Crippen LogP contribution in [0.25, 0.3) is 0 Å². The molecule has 13 heteroatoms. The van der Waals surface area contributed by atoms with Crippen LogP contribution < -0.4 is 10.9 Å². The van der Waals surface area contributed by atoms with Crippen LogP contribution in [0.15, 0.2) is 25.7 Å². The topological polar surface area (TPSA) is 140 Å². The molecule has 1 aliphatic rings. The largest absolute Gasteiger partial charge is 0.462 e. The van der Waals surface area contributed by atoms with Crippen molar-refractivity contribution in [1.29, 1.82) is 0 Å². The number of nitrogens with one attached hydrogen (secondary N) is 2. The Hall–Kier alpha value is -2.64. The maximum Gasteiger partial charge on any atom is 0.341 e. The van der Waals surface area contributed by atoms with E-state index in [0.29, 0.717) is 33.1 Å². The fourth-order valence-electron chi connectivity index (χ4n) is 3.47. The molecule has 0 radical (unpaired) electrons. The van der Waals surface area contributed by atoms with Gasteiger partial charge in [-0.3, -0.25) is 9.59 Å². The smallest absolute Gasteiger partial charge is 0.341 e. The number of hydrogen-bond donors (Lipinski definition) is 2. The van der Waals surface area contributed by atoms with E-state index >= 15 is 0 Å². The molecule has 1 amide bonds. The second kappa shape index (κ2) is 11.2. The van der Waals surface area contributed by atoms with E-state index in [-0.39, 0.29) is 29.0 Å². The number of thioether (sulfide) groups is 2. The number of anilines is 1. The lowest BCUT2D eigenvalue weighted by Crippen LogP contribution is -2.17. The Labute approximate surface area is 207 Å². The molecule has 10 nitrogen and oxygen atoms in total. The standard InChI is InChI=1S/C21H23N5O5S3/c1-3-30-19(29)17-12-6-4-5-7-13(12)34-18(17)23-15(28)9-33-21-26-25-16(31-21)10-32-20-22-11(2)8-14(27)24-20/h8H,3-7,9-10H2,1-2H3,(H,23,28)(H,22,24,27). The van der Waals surface area contributed by atoms with Crippen LogP contribution in [-0.2, 0) is 28.1 Å². The molecule has 34 heavy (non-hydrogen) atoms. The van der Waals surface area contributed by atoms with Crippen molar-refractivity contribution in [2.75, 3.05) is 17.7 Å². The Morgan fingerprint density at radius 2 is 2.09 bits per heavy atom. The van der Waals surface area contributed by atoms with Crippen LogP contribution in [0.4, 0.5) is 5.00 Å². The molecule has 0 aromatic carbocycles. The second-order valence-electron chi connectivity index (χ2n) is 7.41. The molecule has 0 unspecified atom stereocenters. The number of aromatic amines is 1. The highest BCUT2D eigenvalue weighted by Gasteiger charge is 2.27. The van der Waals surface area contributed by atoms with Gasteiger partial charge < -0.3 is 19.5 Å². The molecule has 180 valence electrons. The number of thiophene rings is 1. The minimum absolute atomic E-state index is 0.0480. The monoisotopic (exact) mass is 521 g/mol. The molecule has 0 atom stereocenters. The molecular formula is C21H23N5O5S3. The lowest BCUT2D eigenvalue weighted by molar-refractivity contribution is -0.113. The fourth-order valence-corrected chi connectivity index (χ4v) is 6.10. The van der Waals surface area contributed by atoms with Crippen molar-refractivity contribution in [3.8, 4) is 0 Å². The van der Waals surface area contributed by atoms with Crippen molar-refractivity contribution >= 4 is 51.7 Å². The highest BCUT2D eigenvalue weighted by Crippen LogP contribution is 2.38. The van der Waals surface area contributed by atoms with E-state index in [4.69, 9.17) is 9.15 Å². The predicted octanol–water partition coefficient (Wildman–Crippen LogP) is 3.60. The zero-order valence-electron chi connectivity index (χ0n) is 18.6. The third-order valence-corrected chi connectivity index (χ3v) is 7.74. The van der Waals surface area contributed by atoms with Crippen LogP contribution in [0, 0.1) is 6.92 Å². The van der Waals surface area contributed by atoms with Crippen molar-refractivity contribution in [1.82, 2.24) is 20.2 Å². The van der Waals surface area contributed by atoms with Crippen molar-refractivity contribution in [2.45, 2.75) is 55.7 Å². The summed E-state index contributed by atoms with van der Waals surface area (Å²) < 4.78 is 10.8. The highest BCUT2D eigenvalue weighted by atomic mass is 32.2. The van der Waals surface area contributed by atoms with E-state index in [1.54, 1.807) is 13.8 Å². The van der Waals surface area contributed by atoms with Gasteiger partial charge in [0.1, 0.15) is 5.00 Å². The van der Waals surface area contributed by atoms with Gasteiger partial charge in [0.15, 0.2) is 5.16 Å². The first-order valence-electron chi connectivity index (χ1n) is 10.7. The Morgan fingerprint density at radius 3 is 2.88 bits per heavy atom. The van der Waals surface area contributed by atoms with Crippen LogP contribution in [0.1, 0.15) is 52.1 Å². The normalized spacial score (nSPS) is 12.9. The number of amides is 1.